The maximum absolute atomic E-state index is 13.4. The first-order valence-corrected chi connectivity index (χ1v) is 13.4. The van der Waals surface area contributed by atoms with Crippen molar-refractivity contribution in [1.82, 2.24) is 30.2 Å². The second kappa shape index (κ2) is 10.3. The van der Waals surface area contributed by atoms with Gasteiger partial charge in [-0.05, 0) is 42.3 Å². The van der Waals surface area contributed by atoms with Crippen molar-refractivity contribution in [2.75, 3.05) is 0 Å². The molecule has 0 saturated heterocycles. The normalized spacial score (nSPS) is 12.5. The van der Waals surface area contributed by atoms with E-state index in [2.05, 4.69) is 25.7 Å². The second-order valence-corrected chi connectivity index (χ2v) is 10.1. The van der Waals surface area contributed by atoms with E-state index in [1.807, 2.05) is 38.1 Å². The summed E-state index contributed by atoms with van der Waals surface area (Å²) in [7, 11) is -5.95. The highest BCUT2D eigenvalue weighted by Crippen LogP contribution is 2.39. The Labute approximate surface area is 195 Å². The molecule has 1 unspecified atom stereocenters. The number of hydrogen-bond donors (Lipinski definition) is 2. The summed E-state index contributed by atoms with van der Waals surface area (Å²) in [5, 5.41) is 23.6. The summed E-state index contributed by atoms with van der Waals surface area (Å²) >= 11 is 0. The molecule has 0 aliphatic heterocycles. The van der Waals surface area contributed by atoms with E-state index in [4.69, 9.17) is 5.14 Å². The van der Waals surface area contributed by atoms with Crippen LogP contribution in [0, 0.1) is 0 Å². The van der Waals surface area contributed by atoms with Gasteiger partial charge in [0, 0.05) is 5.56 Å². The maximum atomic E-state index is 13.4. The van der Waals surface area contributed by atoms with Crippen molar-refractivity contribution < 1.29 is 12.6 Å². The van der Waals surface area contributed by atoms with Gasteiger partial charge in [0.1, 0.15) is 11.0 Å². The predicted molar refractivity (Wildman–Crippen MR) is 127 cm³/mol. The third-order valence-corrected chi connectivity index (χ3v) is 8.70. The van der Waals surface area contributed by atoms with Crippen LogP contribution in [0.2, 0.25) is 0 Å². The Kier molecular flexibility index (Phi) is 7.72. The fraction of sp³-hybridized carbons (Fsp3) is 0.333. The van der Waals surface area contributed by atoms with Crippen LogP contribution in [-0.4, -0.2) is 48.1 Å². The number of sulfone groups is 1. The number of hydrogen-bond acceptors (Lipinski definition) is 7. The smallest absolute Gasteiger partial charge is 0.206 e. The van der Waals surface area contributed by atoms with Gasteiger partial charge in [0.25, 0.3) is 0 Å². The number of H-pyrrole nitrogens is 1. The fourth-order valence-corrected chi connectivity index (χ4v) is 6.87. The van der Waals surface area contributed by atoms with Crippen LogP contribution in [0.25, 0.3) is 28.2 Å². The molecule has 176 valence electrons. The molecule has 0 saturated carbocycles. The fourth-order valence-electron chi connectivity index (χ4n) is 3.75. The third-order valence-electron chi connectivity index (χ3n) is 5.24. The van der Waals surface area contributed by atoms with Crippen molar-refractivity contribution in [1.29, 1.82) is 0 Å². The van der Waals surface area contributed by atoms with Crippen LogP contribution >= 0.6 is 0 Å². The van der Waals surface area contributed by atoms with Crippen LogP contribution in [0.15, 0.2) is 52.4 Å². The lowest BCUT2D eigenvalue weighted by Gasteiger charge is -2.19. The second-order valence-electron chi connectivity index (χ2n) is 6.91. The van der Waals surface area contributed by atoms with Gasteiger partial charge in [-0.1, -0.05) is 39.8 Å². The van der Waals surface area contributed by atoms with E-state index in [1.165, 1.54) is 6.07 Å². The first kappa shape index (κ1) is 24.7. The van der Waals surface area contributed by atoms with E-state index in [0.717, 1.165) is 5.52 Å². The predicted octanol–water partition coefficient (Wildman–Crippen LogP) is 3.15. The number of aromatic nitrogens is 6. The molecule has 33 heavy (non-hydrogen) atoms. The van der Waals surface area contributed by atoms with Gasteiger partial charge in [-0.25, -0.2) is 22.3 Å². The first-order chi connectivity index (χ1) is 15.9. The van der Waals surface area contributed by atoms with E-state index in [1.54, 1.807) is 30.6 Å². The molecule has 10 nitrogen and oxygen atoms in total. The van der Waals surface area contributed by atoms with Gasteiger partial charge in [0.2, 0.25) is 5.82 Å². The van der Waals surface area contributed by atoms with E-state index in [9.17, 15) is 12.6 Å². The van der Waals surface area contributed by atoms with Crippen LogP contribution in [0.5, 0.6) is 0 Å². The van der Waals surface area contributed by atoms with Crippen molar-refractivity contribution in [2.24, 2.45) is 5.14 Å². The minimum atomic E-state index is -3.80. The summed E-state index contributed by atoms with van der Waals surface area (Å²) in [5.41, 5.74) is 2.25. The number of aromatic amines is 1. The lowest BCUT2D eigenvalue weighted by Crippen LogP contribution is -2.23. The zero-order valence-electron chi connectivity index (χ0n) is 18.9. The quantitative estimate of drug-likeness (QED) is 0.405. The van der Waals surface area contributed by atoms with Crippen molar-refractivity contribution in [2.45, 2.75) is 55.6 Å². The highest BCUT2D eigenvalue weighted by Gasteiger charge is 2.33. The third kappa shape index (κ3) is 4.45. The molecule has 0 aliphatic rings. The van der Waals surface area contributed by atoms with Gasteiger partial charge in [-0.2, -0.15) is 10.3 Å². The van der Waals surface area contributed by atoms with E-state index >= 15 is 0 Å². The molecule has 0 radical (unpaired) electrons. The Morgan fingerprint density at radius 3 is 2.45 bits per heavy atom. The van der Waals surface area contributed by atoms with Crippen LogP contribution in [-0.2, 0) is 20.8 Å². The summed E-state index contributed by atoms with van der Waals surface area (Å²) in [5.74, 6) is 0.0922. The number of tetrazole rings is 1. The van der Waals surface area contributed by atoms with Crippen molar-refractivity contribution >= 4 is 26.3 Å². The van der Waals surface area contributed by atoms with Crippen LogP contribution in [0.1, 0.15) is 40.5 Å². The van der Waals surface area contributed by atoms with E-state index in [-0.39, 0.29) is 21.2 Å². The lowest BCUT2D eigenvalue weighted by atomic mass is 10.0. The van der Waals surface area contributed by atoms with Gasteiger partial charge in [0.15, 0.2) is 9.84 Å². The molecule has 3 N–H and O–H groups in total. The molecule has 4 rings (SSSR count). The Hall–Kier alpha value is -2.96. The monoisotopic (exact) mass is 489 g/mol. The number of nitrogens with one attached hydrogen (secondary N) is 1. The van der Waals surface area contributed by atoms with Gasteiger partial charge in [-0.3, -0.25) is 0 Å². The van der Waals surface area contributed by atoms with Crippen LogP contribution in [0.4, 0.5) is 0 Å². The van der Waals surface area contributed by atoms with Gasteiger partial charge < -0.3 is 0 Å². The molecule has 12 heteroatoms. The van der Waals surface area contributed by atoms with Gasteiger partial charge >= 0.3 is 0 Å². The van der Waals surface area contributed by atoms with Crippen LogP contribution < -0.4 is 5.14 Å². The van der Waals surface area contributed by atoms with Gasteiger partial charge in [0.05, 0.1) is 38.0 Å². The van der Waals surface area contributed by atoms with Crippen molar-refractivity contribution in [3.63, 3.8) is 0 Å². The van der Waals surface area contributed by atoms with Crippen LogP contribution in [0.3, 0.4) is 0 Å². The standard InChI is InChI=1S/C19H21N7O3S2.C2H6/c1-3-13(4-2)31(28,29)16-9-8-14(15-7-5-6-12-10-11-21-26(12)15)17(18(16)30(20)27)19-22-24-25-23-19;1-2/h5-11,13H,3-4,20H2,1-2H3,(H,22,23,24,25);1-2H3. The molecule has 0 amide bonds. The minimum absolute atomic E-state index is 0.0463. The number of nitrogens with zero attached hydrogens (tertiary/aromatic N) is 5. The zero-order valence-corrected chi connectivity index (χ0v) is 20.5. The molecule has 0 spiro atoms. The number of pyridine rings is 1. The molecule has 0 fully saturated rings. The molecule has 1 aromatic carbocycles. The van der Waals surface area contributed by atoms with E-state index < -0.39 is 26.1 Å². The number of fused-ring (bicyclic) bond motifs is 1. The summed E-state index contributed by atoms with van der Waals surface area (Å²) in [6.45, 7) is 7.61. The number of rotatable bonds is 7. The van der Waals surface area contributed by atoms with E-state index in [0.29, 0.717) is 24.1 Å². The summed E-state index contributed by atoms with van der Waals surface area (Å²) in [6, 6.07) is 10.5. The molecule has 1 atom stereocenters. The average Bonchev–Trinajstić information content (AvgIpc) is 3.52. The van der Waals surface area contributed by atoms with Gasteiger partial charge in [-0.15, -0.1) is 10.2 Å². The highest BCUT2D eigenvalue weighted by atomic mass is 32.2. The number of nitrogens with two attached hydrogens (primary N) is 1. The topological polar surface area (TPSA) is 149 Å². The molecular weight excluding hydrogens is 462 g/mol. The Morgan fingerprint density at radius 1 is 1.12 bits per heavy atom. The Morgan fingerprint density at radius 2 is 1.85 bits per heavy atom. The first-order valence-electron chi connectivity index (χ1n) is 10.6. The summed E-state index contributed by atoms with van der Waals surface area (Å²) in [4.78, 5) is -0.131. The number of benzene rings is 1. The highest BCUT2D eigenvalue weighted by molar-refractivity contribution is 7.93. The Bertz CT molecular complexity index is 1360. The summed E-state index contributed by atoms with van der Waals surface area (Å²) < 4.78 is 41.2. The molecule has 4 aromatic rings. The zero-order chi connectivity index (χ0) is 24.2. The van der Waals surface area contributed by atoms with Crippen molar-refractivity contribution in [3.05, 3.63) is 42.6 Å². The lowest BCUT2D eigenvalue weighted by molar-refractivity contribution is 0.569. The largest absolute Gasteiger partial charge is 0.248 e. The molecule has 0 bridgehead atoms. The average molecular weight is 490 g/mol. The minimum Gasteiger partial charge on any atom is -0.248 e. The van der Waals surface area contributed by atoms with Crippen molar-refractivity contribution in [3.8, 4) is 22.6 Å². The SMILES string of the molecule is CC.CCC(CC)S(=O)(=O)c1ccc(-c2cccc3ccnn23)c(-c2nn[nH]n2)c1S(N)=O. The Balaban J connectivity index is 0.00000149. The molecule has 3 heterocycles. The molecule has 0 aliphatic carbocycles. The summed E-state index contributed by atoms with van der Waals surface area (Å²) in [6.07, 6.45) is 2.49. The molecule has 3 aromatic heterocycles. The molecular formula is C21H27N7O3S2. The maximum Gasteiger partial charge on any atom is 0.206 e.